The molecule has 5 aromatic carbocycles. The maximum atomic E-state index is 12.7. The Labute approximate surface area is 230 Å². The molecule has 0 spiro atoms. The molecule has 39 heavy (non-hydrogen) atoms. The minimum Gasteiger partial charge on any atom is -0.507 e. The molecule has 0 radical (unpaired) electrons. The number of ether oxygens (including phenoxy) is 2. The third-order valence-electron chi connectivity index (χ3n) is 6.77. The summed E-state index contributed by atoms with van der Waals surface area (Å²) in [7, 11) is 1.36. The summed E-state index contributed by atoms with van der Waals surface area (Å²) in [5.74, 6) is 1.10. The molecule has 0 aliphatic carbocycles. The van der Waals surface area contributed by atoms with E-state index < -0.39 is 5.97 Å². The molecule has 6 aromatic rings. The molecule has 6 rings (SSSR count). The molecule has 5 nitrogen and oxygen atoms in total. The predicted molar refractivity (Wildman–Crippen MR) is 155 cm³/mol. The molecule has 0 aliphatic rings. The molecule has 0 saturated carbocycles. The van der Waals surface area contributed by atoms with Crippen molar-refractivity contribution in [3.8, 4) is 28.4 Å². The van der Waals surface area contributed by atoms with E-state index in [4.69, 9.17) is 21.1 Å². The summed E-state index contributed by atoms with van der Waals surface area (Å²) >= 11 is 6.11. The van der Waals surface area contributed by atoms with Crippen LogP contribution in [0.2, 0.25) is 5.02 Å². The van der Waals surface area contributed by atoms with E-state index in [2.05, 4.69) is 4.57 Å². The second-order valence-electron chi connectivity index (χ2n) is 9.24. The number of nitrogens with zero attached hydrogens (tertiary/aromatic N) is 1. The number of para-hydroxylation sites is 1. The number of rotatable bonds is 6. The Bertz CT molecular complexity index is 1830. The van der Waals surface area contributed by atoms with Crippen LogP contribution in [-0.2, 0) is 11.3 Å². The summed E-state index contributed by atoms with van der Waals surface area (Å²) in [6.45, 7) is 0.486. The van der Waals surface area contributed by atoms with Gasteiger partial charge in [0.1, 0.15) is 17.2 Å². The maximum absolute atomic E-state index is 12.7. The first kappa shape index (κ1) is 24.6. The van der Waals surface area contributed by atoms with Crippen molar-refractivity contribution >= 4 is 39.4 Å². The summed E-state index contributed by atoms with van der Waals surface area (Å²) in [6, 6.07) is 34.3. The number of halogens is 1. The fourth-order valence-electron chi connectivity index (χ4n) is 5.01. The second-order valence-corrected chi connectivity index (χ2v) is 9.67. The van der Waals surface area contributed by atoms with Crippen LogP contribution in [0.3, 0.4) is 0 Å². The van der Waals surface area contributed by atoms with Crippen molar-refractivity contribution in [2.75, 3.05) is 7.11 Å². The highest BCUT2D eigenvalue weighted by atomic mass is 35.5. The van der Waals surface area contributed by atoms with Gasteiger partial charge in [-0.15, -0.1) is 0 Å². The van der Waals surface area contributed by atoms with Gasteiger partial charge in [0.2, 0.25) is 0 Å². The molecular formula is C33H24ClNO4. The lowest BCUT2D eigenvalue weighted by Crippen LogP contribution is -2.03. The molecule has 0 saturated heterocycles. The first-order valence-electron chi connectivity index (χ1n) is 12.5. The standard InChI is InChI=1S/C33H24ClNO4/c1-38-33(37)27-11-6-12-28-31(27)32-29(18-23(19-30(32)36)22-13-15-24(34)16-14-22)35(28)20-21-7-5-10-26(17-21)39-25-8-3-2-4-9-25/h2-19,36H,20H2,1H3. The number of hydrogen-bond donors (Lipinski definition) is 1. The largest absolute Gasteiger partial charge is 0.507 e. The van der Waals surface area contributed by atoms with E-state index in [1.165, 1.54) is 7.11 Å². The van der Waals surface area contributed by atoms with Gasteiger partial charge >= 0.3 is 5.97 Å². The quantitative estimate of drug-likeness (QED) is 0.218. The summed E-state index contributed by atoms with van der Waals surface area (Å²) in [5.41, 5.74) is 4.75. The lowest BCUT2D eigenvalue weighted by molar-refractivity contribution is 0.0603. The predicted octanol–water partition coefficient (Wildman–Crippen LogP) is 8.45. The normalized spacial score (nSPS) is 11.1. The Morgan fingerprint density at radius 2 is 1.51 bits per heavy atom. The lowest BCUT2D eigenvalue weighted by atomic mass is 10.0. The third kappa shape index (κ3) is 4.69. The van der Waals surface area contributed by atoms with Crippen molar-refractivity contribution in [1.29, 1.82) is 0 Å². The molecule has 0 unspecified atom stereocenters. The van der Waals surface area contributed by atoms with Gasteiger partial charge in [-0.05, 0) is 77.4 Å². The van der Waals surface area contributed by atoms with Gasteiger partial charge in [-0.1, -0.05) is 60.1 Å². The fraction of sp³-hybridized carbons (Fsp3) is 0.0606. The van der Waals surface area contributed by atoms with Crippen LogP contribution in [-0.4, -0.2) is 22.8 Å². The van der Waals surface area contributed by atoms with E-state index in [1.807, 2.05) is 97.1 Å². The Hall–Kier alpha value is -4.74. The number of phenolic OH excluding ortho intramolecular Hbond substituents is 1. The Balaban J connectivity index is 1.54. The van der Waals surface area contributed by atoms with E-state index in [9.17, 15) is 9.90 Å². The highest BCUT2D eigenvalue weighted by molar-refractivity contribution is 6.30. The number of phenols is 1. The number of benzene rings is 5. The number of fused-ring (bicyclic) bond motifs is 3. The topological polar surface area (TPSA) is 60.7 Å². The van der Waals surface area contributed by atoms with E-state index in [0.717, 1.165) is 39.2 Å². The summed E-state index contributed by atoms with van der Waals surface area (Å²) in [6.07, 6.45) is 0. The molecule has 0 atom stereocenters. The van der Waals surface area contributed by atoms with Gasteiger partial charge in [0.25, 0.3) is 0 Å². The Morgan fingerprint density at radius 1 is 0.769 bits per heavy atom. The molecule has 0 aliphatic heterocycles. The van der Waals surface area contributed by atoms with Crippen LogP contribution in [0, 0.1) is 0 Å². The number of carbonyl (C=O) groups is 1. The summed E-state index contributed by atoms with van der Waals surface area (Å²) in [4.78, 5) is 12.7. The third-order valence-corrected chi connectivity index (χ3v) is 7.02. The van der Waals surface area contributed by atoms with E-state index >= 15 is 0 Å². The van der Waals surface area contributed by atoms with E-state index in [-0.39, 0.29) is 5.75 Å². The van der Waals surface area contributed by atoms with Gasteiger partial charge in [-0.2, -0.15) is 0 Å². The maximum Gasteiger partial charge on any atom is 0.338 e. The molecule has 1 N–H and O–H groups in total. The number of aromatic nitrogens is 1. The highest BCUT2D eigenvalue weighted by Crippen LogP contribution is 2.41. The van der Waals surface area contributed by atoms with Crippen LogP contribution in [0.15, 0.2) is 109 Å². The molecule has 1 aromatic heterocycles. The zero-order valence-corrected chi connectivity index (χ0v) is 21.9. The second kappa shape index (κ2) is 10.2. The van der Waals surface area contributed by atoms with Crippen LogP contribution in [0.25, 0.3) is 32.9 Å². The van der Waals surface area contributed by atoms with Gasteiger partial charge in [0.15, 0.2) is 0 Å². The van der Waals surface area contributed by atoms with Crippen molar-refractivity contribution in [2.45, 2.75) is 6.54 Å². The van der Waals surface area contributed by atoms with Crippen LogP contribution in [0.5, 0.6) is 17.2 Å². The first-order chi connectivity index (χ1) is 19.0. The highest BCUT2D eigenvalue weighted by Gasteiger charge is 2.21. The van der Waals surface area contributed by atoms with Gasteiger partial charge < -0.3 is 19.1 Å². The number of aromatic hydroxyl groups is 1. The molecular weight excluding hydrogens is 510 g/mol. The lowest BCUT2D eigenvalue weighted by Gasteiger charge is -2.12. The molecule has 0 fully saturated rings. The van der Waals surface area contributed by atoms with E-state index in [1.54, 1.807) is 12.1 Å². The molecule has 1 heterocycles. The molecule has 0 bridgehead atoms. The Morgan fingerprint density at radius 3 is 2.28 bits per heavy atom. The van der Waals surface area contributed by atoms with Gasteiger partial charge in [0.05, 0.1) is 29.1 Å². The zero-order valence-electron chi connectivity index (χ0n) is 21.1. The molecule has 192 valence electrons. The van der Waals surface area contributed by atoms with Gasteiger partial charge in [0, 0.05) is 17.0 Å². The number of hydrogen-bond acceptors (Lipinski definition) is 4. The van der Waals surface area contributed by atoms with Crippen molar-refractivity contribution in [3.05, 3.63) is 125 Å². The van der Waals surface area contributed by atoms with Crippen molar-refractivity contribution in [3.63, 3.8) is 0 Å². The van der Waals surface area contributed by atoms with Crippen LogP contribution < -0.4 is 4.74 Å². The van der Waals surface area contributed by atoms with Gasteiger partial charge in [-0.25, -0.2) is 4.79 Å². The summed E-state index contributed by atoms with van der Waals surface area (Å²) < 4.78 is 13.3. The fourth-order valence-corrected chi connectivity index (χ4v) is 5.14. The average Bonchev–Trinajstić information content (AvgIpc) is 3.27. The number of methoxy groups -OCH3 is 1. The monoisotopic (exact) mass is 533 g/mol. The molecule has 0 amide bonds. The van der Waals surface area contributed by atoms with Crippen LogP contribution in [0.4, 0.5) is 0 Å². The van der Waals surface area contributed by atoms with Crippen molar-refractivity contribution in [2.24, 2.45) is 0 Å². The smallest absolute Gasteiger partial charge is 0.338 e. The minimum absolute atomic E-state index is 0.0821. The Kier molecular flexibility index (Phi) is 6.43. The summed E-state index contributed by atoms with van der Waals surface area (Å²) in [5, 5.41) is 13.2. The number of carbonyl (C=O) groups excluding carboxylic acids is 1. The molecule has 6 heteroatoms. The number of esters is 1. The van der Waals surface area contributed by atoms with Crippen LogP contribution >= 0.6 is 11.6 Å². The first-order valence-corrected chi connectivity index (χ1v) is 12.8. The van der Waals surface area contributed by atoms with Gasteiger partial charge in [-0.3, -0.25) is 0 Å². The minimum atomic E-state index is -0.459. The SMILES string of the molecule is COC(=O)c1cccc2c1c1c(O)cc(-c3ccc(Cl)cc3)cc1n2Cc1cccc(Oc2ccccc2)c1. The zero-order chi connectivity index (χ0) is 26.9. The van der Waals surface area contributed by atoms with E-state index in [0.29, 0.717) is 27.9 Å². The van der Waals surface area contributed by atoms with Crippen LogP contribution in [0.1, 0.15) is 15.9 Å². The van der Waals surface area contributed by atoms with Crippen molar-refractivity contribution < 1.29 is 19.4 Å². The average molecular weight is 534 g/mol. The van der Waals surface area contributed by atoms with Crippen molar-refractivity contribution in [1.82, 2.24) is 4.57 Å².